The number of benzene rings is 1. The zero-order valence-electron chi connectivity index (χ0n) is 13.4. The quantitative estimate of drug-likeness (QED) is 0.926. The van der Waals surface area contributed by atoms with Gasteiger partial charge in [0.05, 0.1) is 6.10 Å². The van der Waals surface area contributed by atoms with Crippen molar-refractivity contribution in [2.45, 2.75) is 44.6 Å². The number of hydrogen-bond acceptors (Lipinski definition) is 3. The zero-order valence-corrected chi connectivity index (χ0v) is 13.4. The van der Waals surface area contributed by atoms with Gasteiger partial charge in [0.15, 0.2) is 0 Å². The molecule has 1 N–H and O–H groups in total. The molecule has 1 saturated heterocycles. The molecule has 1 aliphatic heterocycles. The van der Waals surface area contributed by atoms with Crippen molar-refractivity contribution in [1.82, 2.24) is 0 Å². The van der Waals surface area contributed by atoms with Crippen molar-refractivity contribution in [2.24, 2.45) is 5.92 Å². The predicted octanol–water partition coefficient (Wildman–Crippen LogP) is 3.43. The highest BCUT2D eigenvalue weighted by Gasteiger charge is 2.23. The van der Waals surface area contributed by atoms with Crippen molar-refractivity contribution in [3.05, 3.63) is 24.3 Å². The van der Waals surface area contributed by atoms with Gasteiger partial charge < -0.3 is 15.0 Å². The molecular weight excluding hydrogens is 276 g/mol. The van der Waals surface area contributed by atoms with Crippen LogP contribution in [-0.4, -0.2) is 32.2 Å². The number of amides is 1. The van der Waals surface area contributed by atoms with E-state index in [9.17, 15) is 4.79 Å². The second-order valence-corrected chi connectivity index (χ2v) is 6.46. The number of methoxy groups -OCH3 is 1. The van der Waals surface area contributed by atoms with Gasteiger partial charge in [-0.3, -0.25) is 4.79 Å². The zero-order chi connectivity index (χ0) is 15.4. The molecule has 2 aliphatic rings. The summed E-state index contributed by atoms with van der Waals surface area (Å²) >= 11 is 0. The molecular formula is C18H26N2O2. The van der Waals surface area contributed by atoms with Gasteiger partial charge in [-0.15, -0.1) is 0 Å². The summed E-state index contributed by atoms with van der Waals surface area (Å²) in [4.78, 5) is 14.5. The van der Waals surface area contributed by atoms with E-state index in [1.54, 1.807) is 7.11 Å². The van der Waals surface area contributed by atoms with Gasteiger partial charge in [0.1, 0.15) is 0 Å². The summed E-state index contributed by atoms with van der Waals surface area (Å²) in [5.74, 6) is 0.395. The summed E-state index contributed by atoms with van der Waals surface area (Å²) in [6.07, 6.45) is 7.09. The lowest BCUT2D eigenvalue weighted by Gasteiger charge is -2.33. The average Bonchev–Trinajstić information content (AvgIpc) is 3.10. The molecule has 3 rings (SSSR count). The number of piperidine rings is 1. The molecule has 1 atom stereocenters. The summed E-state index contributed by atoms with van der Waals surface area (Å²) in [6, 6.07) is 8.22. The molecule has 1 aromatic carbocycles. The SMILES string of the molecule is COC1CCCN(c2ccc(NC(=O)C3CCCC3)cc2)C1. The van der Waals surface area contributed by atoms with Crippen LogP contribution in [0.1, 0.15) is 38.5 Å². The lowest BCUT2D eigenvalue weighted by Crippen LogP contribution is -2.39. The first-order valence-electron chi connectivity index (χ1n) is 8.45. The number of nitrogens with zero attached hydrogens (tertiary/aromatic N) is 1. The van der Waals surface area contributed by atoms with Crippen molar-refractivity contribution >= 4 is 17.3 Å². The Morgan fingerprint density at radius 1 is 1.14 bits per heavy atom. The second kappa shape index (κ2) is 7.14. The molecule has 4 heteroatoms. The van der Waals surface area contributed by atoms with E-state index in [-0.39, 0.29) is 11.8 Å². The van der Waals surface area contributed by atoms with E-state index in [0.717, 1.165) is 38.0 Å². The summed E-state index contributed by atoms with van der Waals surface area (Å²) in [5.41, 5.74) is 2.11. The fourth-order valence-corrected chi connectivity index (χ4v) is 3.55. The third-order valence-electron chi connectivity index (χ3n) is 4.94. The molecule has 1 aliphatic carbocycles. The summed E-state index contributed by atoms with van der Waals surface area (Å²) < 4.78 is 5.48. The minimum Gasteiger partial charge on any atom is -0.380 e. The first-order chi connectivity index (χ1) is 10.8. The predicted molar refractivity (Wildman–Crippen MR) is 89.3 cm³/mol. The van der Waals surface area contributed by atoms with Crippen molar-refractivity contribution in [3.8, 4) is 0 Å². The van der Waals surface area contributed by atoms with Crippen molar-refractivity contribution in [3.63, 3.8) is 0 Å². The third-order valence-corrected chi connectivity index (χ3v) is 4.94. The van der Waals surface area contributed by atoms with Crippen molar-refractivity contribution < 1.29 is 9.53 Å². The summed E-state index contributed by atoms with van der Waals surface area (Å²) in [5, 5.41) is 3.05. The first-order valence-corrected chi connectivity index (χ1v) is 8.45. The Balaban J connectivity index is 1.58. The Morgan fingerprint density at radius 3 is 2.55 bits per heavy atom. The van der Waals surface area contributed by atoms with Gasteiger partial charge in [0, 0.05) is 37.5 Å². The number of nitrogens with one attached hydrogen (secondary N) is 1. The highest BCUT2D eigenvalue weighted by atomic mass is 16.5. The Bertz CT molecular complexity index is 494. The fraction of sp³-hybridized carbons (Fsp3) is 0.611. The van der Waals surface area contributed by atoms with Crippen LogP contribution in [0.3, 0.4) is 0 Å². The molecule has 1 unspecified atom stereocenters. The van der Waals surface area contributed by atoms with Crippen LogP contribution >= 0.6 is 0 Å². The monoisotopic (exact) mass is 302 g/mol. The maximum Gasteiger partial charge on any atom is 0.227 e. The van der Waals surface area contributed by atoms with Crippen LogP contribution in [0.5, 0.6) is 0 Å². The van der Waals surface area contributed by atoms with Crippen LogP contribution in [0.2, 0.25) is 0 Å². The first kappa shape index (κ1) is 15.3. The van der Waals surface area contributed by atoms with E-state index in [1.807, 2.05) is 12.1 Å². The van der Waals surface area contributed by atoms with Gasteiger partial charge in [-0.25, -0.2) is 0 Å². The van der Waals surface area contributed by atoms with Gasteiger partial charge in [-0.2, -0.15) is 0 Å². The highest BCUT2D eigenvalue weighted by Crippen LogP contribution is 2.27. The van der Waals surface area contributed by atoms with E-state index in [0.29, 0.717) is 6.10 Å². The highest BCUT2D eigenvalue weighted by molar-refractivity contribution is 5.92. The van der Waals surface area contributed by atoms with E-state index in [1.165, 1.54) is 24.9 Å². The van der Waals surface area contributed by atoms with E-state index < -0.39 is 0 Å². The molecule has 0 aromatic heterocycles. The van der Waals surface area contributed by atoms with Gasteiger partial charge in [0.25, 0.3) is 0 Å². The topological polar surface area (TPSA) is 41.6 Å². The molecule has 4 nitrogen and oxygen atoms in total. The van der Waals surface area contributed by atoms with Crippen LogP contribution in [0.15, 0.2) is 24.3 Å². The van der Waals surface area contributed by atoms with Crippen LogP contribution in [-0.2, 0) is 9.53 Å². The number of anilines is 2. The molecule has 1 saturated carbocycles. The maximum absolute atomic E-state index is 12.1. The van der Waals surface area contributed by atoms with Gasteiger partial charge >= 0.3 is 0 Å². The Kier molecular flexibility index (Phi) is 4.98. The largest absolute Gasteiger partial charge is 0.380 e. The standard InChI is InChI=1S/C18H26N2O2/c1-22-17-7-4-12-20(13-17)16-10-8-15(9-11-16)19-18(21)14-5-2-3-6-14/h8-11,14,17H,2-7,12-13H2,1H3,(H,19,21). The van der Waals surface area contributed by atoms with E-state index in [2.05, 4.69) is 22.3 Å². The maximum atomic E-state index is 12.1. The van der Waals surface area contributed by atoms with Crippen LogP contribution in [0.25, 0.3) is 0 Å². The van der Waals surface area contributed by atoms with Crippen LogP contribution in [0, 0.1) is 5.92 Å². The van der Waals surface area contributed by atoms with Gasteiger partial charge in [-0.05, 0) is 49.9 Å². The number of carbonyl (C=O) groups is 1. The normalized spacial score (nSPS) is 22.8. The Labute approximate surface area is 132 Å². The molecule has 1 amide bonds. The molecule has 0 radical (unpaired) electrons. The van der Waals surface area contributed by atoms with Gasteiger partial charge in [-0.1, -0.05) is 12.8 Å². The number of carbonyl (C=O) groups excluding carboxylic acids is 1. The van der Waals surface area contributed by atoms with E-state index in [4.69, 9.17) is 4.74 Å². The van der Waals surface area contributed by atoms with E-state index >= 15 is 0 Å². The molecule has 0 spiro atoms. The summed E-state index contributed by atoms with van der Waals surface area (Å²) in [6.45, 7) is 2.03. The molecule has 2 fully saturated rings. The Morgan fingerprint density at radius 2 is 1.86 bits per heavy atom. The second-order valence-electron chi connectivity index (χ2n) is 6.46. The number of hydrogen-bond donors (Lipinski definition) is 1. The number of ether oxygens (including phenoxy) is 1. The van der Waals surface area contributed by atoms with Crippen LogP contribution < -0.4 is 10.2 Å². The lowest BCUT2D eigenvalue weighted by molar-refractivity contribution is -0.119. The lowest BCUT2D eigenvalue weighted by atomic mass is 10.1. The van der Waals surface area contributed by atoms with Crippen LogP contribution in [0.4, 0.5) is 11.4 Å². The summed E-state index contributed by atoms with van der Waals surface area (Å²) in [7, 11) is 1.79. The molecule has 0 bridgehead atoms. The molecule has 1 aromatic rings. The third kappa shape index (κ3) is 3.61. The minimum atomic E-state index is 0.183. The Hall–Kier alpha value is -1.55. The van der Waals surface area contributed by atoms with Crippen molar-refractivity contribution in [1.29, 1.82) is 0 Å². The minimum absolute atomic E-state index is 0.183. The smallest absolute Gasteiger partial charge is 0.227 e. The van der Waals surface area contributed by atoms with Gasteiger partial charge in [0.2, 0.25) is 5.91 Å². The van der Waals surface area contributed by atoms with Crippen molar-refractivity contribution in [2.75, 3.05) is 30.4 Å². The fourth-order valence-electron chi connectivity index (χ4n) is 3.55. The number of rotatable bonds is 4. The molecule has 120 valence electrons. The molecule has 22 heavy (non-hydrogen) atoms. The average molecular weight is 302 g/mol. The molecule has 1 heterocycles.